The maximum absolute atomic E-state index is 8.89. The minimum atomic E-state index is 0.123. The topological polar surface area (TPSA) is 29.5 Å². The fraction of sp³-hybridized carbons (Fsp3) is 0.538. The second-order valence-electron chi connectivity index (χ2n) is 4.24. The average Bonchev–Trinajstić information content (AvgIpc) is 3.09. The summed E-state index contributed by atoms with van der Waals surface area (Å²) in [4.78, 5) is 0. The van der Waals surface area contributed by atoms with Gasteiger partial charge in [-0.15, -0.1) is 0 Å². The molecular formula is C13H18O2. The van der Waals surface area contributed by atoms with Crippen LogP contribution in [0.3, 0.4) is 0 Å². The zero-order valence-corrected chi connectivity index (χ0v) is 8.98. The molecule has 0 unspecified atom stereocenters. The molecule has 1 fully saturated rings. The van der Waals surface area contributed by atoms with Crippen molar-refractivity contribution < 1.29 is 9.84 Å². The van der Waals surface area contributed by atoms with Crippen LogP contribution in [0.15, 0.2) is 24.3 Å². The van der Waals surface area contributed by atoms with Gasteiger partial charge in [0, 0.05) is 6.61 Å². The van der Waals surface area contributed by atoms with Crippen LogP contribution in [0.25, 0.3) is 0 Å². The first-order chi connectivity index (χ1) is 7.38. The lowest BCUT2D eigenvalue weighted by molar-refractivity contribution is 0.127. The monoisotopic (exact) mass is 206 g/mol. The second-order valence-corrected chi connectivity index (χ2v) is 4.24. The molecule has 0 aromatic heterocycles. The van der Waals surface area contributed by atoms with Crippen LogP contribution in [0.4, 0.5) is 0 Å². The smallest absolute Gasteiger partial charge is 0.0681 e. The summed E-state index contributed by atoms with van der Waals surface area (Å²) in [5.74, 6) is 0.849. The number of hydrogen-bond acceptors (Lipinski definition) is 2. The Morgan fingerprint density at radius 2 is 1.80 bits per heavy atom. The van der Waals surface area contributed by atoms with Crippen molar-refractivity contribution in [1.82, 2.24) is 0 Å². The van der Waals surface area contributed by atoms with Crippen LogP contribution in [-0.4, -0.2) is 18.3 Å². The maximum Gasteiger partial charge on any atom is 0.0681 e. The summed E-state index contributed by atoms with van der Waals surface area (Å²) in [6.45, 7) is 1.88. The first-order valence-electron chi connectivity index (χ1n) is 5.65. The third-order valence-corrected chi connectivity index (χ3v) is 2.79. The van der Waals surface area contributed by atoms with Crippen LogP contribution in [0, 0.1) is 5.92 Å². The van der Waals surface area contributed by atoms with Gasteiger partial charge >= 0.3 is 0 Å². The van der Waals surface area contributed by atoms with Gasteiger partial charge in [-0.05, 0) is 36.3 Å². The standard InChI is InChI=1S/C13H18O2/c14-9-12-3-1-11(2-4-12)7-8-15-10-13-5-6-13/h1-4,13-14H,5-10H2. The highest BCUT2D eigenvalue weighted by molar-refractivity contribution is 5.21. The highest BCUT2D eigenvalue weighted by Crippen LogP contribution is 2.28. The van der Waals surface area contributed by atoms with E-state index in [1.807, 2.05) is 12.1 Å². The Bertz CT molecular complexity index is 288. The van der Waals surface area contributed by atoms with Gasteiger partial charge in [-0.25, -0.2) is 0 Å². The zero-order valence-electron chi connectivity index (χ0n) is 8.98. The van der Waals surface area contributed by atoms with Gasteiger partial charge in [-0.2, -0.15) is 0 Å². The van der Waals surface area contributed by atoms with E-state index < -0.39 is 0 Å². The predicted molar refractivity (Wildman–Crippen MR) is 59.6 cm³/mol. The molecule has 15 heavy (non-hydrogen) atoms. The van der Waals surface area contributed by atoms with Gasteiger partial charge < -0.3 is 9.84 Å². The van der Waals surface area contributed by atoms with E-state index in [9.17, 15) is 0 Å². The lowest BCUT2D eigenvalue weighted by atomic mass is 10.1. The number of aliphatic hydroxyl groups is 1. The Morgan fingerprint density at radius 1 is 1.13 bits per heavy atom. The third kappa shape index (κ3) is 3.65. The van der Waals surface area contributed by atoms with Crippen LogP contribution in [0.5, 0.6) is 0 Å². The lowest BCUT2D eigenvalue weighted by Crippen LogP contribution is -2.01. The van der Waals surface area contributed by atoms with Gasteiger partial charge in [-0.1, -0.05) is 24.3 Å². The summed E-state index contributed by atoms with van der Waals surface area (Å²) < 4.78 is 5.57. The molecule has 1 aromatic carbocycles. The quantitative estimate of drug-likeness (QED) is 0.723. The minimum absolute atomic E-state index is 0.123. The van der Waals surface area contributed by atoms with E-state index in [-0.39, 0.29) is 6.61 Å². The maximum atomic E-state index is 8.89. The molecule has 0 amide bonds. The molecule has 1 aliphatic rings. The summed E-state index contributed by atoms with van der Waals surface area (Å²) >= 11 is 0. The van der Waals surface area contributed by atoms with Crippen LogP contribution < -0.4 is 0 Å². The molecular weight excluding hydrogens is 188 g/mol. The van der Waals surface area contributed by atoms with Crippen molar-refractivity contribution >= 4 is 0 Å². The van der Waals surface area contributed by atoms with Gasteiger partial charge in [0.05, 0.1) is 13.2 Å². The van der Waals surface area contributed by atoms with E-state index in [1.165, 1.54) is 18.4 Å². The molecule has 1 aliphatic carbocycles. The fourth-order valence-corrected chi connectivity index (χ4v) is 1.54. The van der Waals surface area contributed by atoms with Gasteiger partial charge in [0.25, 0.3) is 0 Å². The first-order valence-corrected chi connectivity index (χ1v) is 5.65. The van der Waals surface area contributed by atoms with E-state index in [0.29, 0.717) is 0 Å². The molecule has 0 atom stereocenters. The Hall–Kier alpha value is -0.860. The largest absolute Gasteiger partial charge is 0.392 e. The molecule has 0 spiro atoms. The van der Waals surface area contributed by atoms with Crippen molar-refractivity contribution in [2.24, 2.45) is 5.92 Å². The molecule has 0 aliphatic heterocycles. The van der Waals surface area contributed by atoms with E-state index in [1.54, 1.807) is 0 Å². The van der Waals surface area contributed by atoms with Crippen molar-refractivity contribution in [1.29, 1.82) is 0 Å². The van der Waals surface area contributed by atoms with Gasteiger partial charge in [-0.3, -0.25) is 0 Å². The molecule has 0 heterocycles. The van der Waals surface area contributed by atoms with Crippen molar-refractivity contribution in [3.63, 3.8) is 0 Å². The summed E-state index contributed by atoms with van der Waals surface area (Å²) in [5, 5.41) is 8.89. The van der Waals surface area contributed by atoms with Gasteiger partial charge in [0.15, 0.2) is 0 Å². The first kappa shape index (κ1) is 10.7. The highest BCUT2D eigenvalue weighted by Gasteiger charge is 2.20. The van der Waals surface area contributed by atoms with Crippen LogP contribution in [0.1, 0.15) is 24.0 Å². The Labute approximate surface area is 90.9 Å². The van der Waals surface area contributed by atoms with Crippen LogP contribution >= 0.6 is 0 Å². The normalized spacial score (nSPS) is 15.5. The van der Waals surface area contributed by atoms with Crippen LogP contribution in [-0.2, 0) is 17.8 Å². The molecule has 2 nitrogen and oxygen atoms in total. The third-order valence-electron chi connectivity index (χ3n) is 2.79. The van der Waals surface area contributed by atoms with E-state index >= 15 is 0 Å². The van der Waals surface area contributed by atoms with E-state index in [4.69, 9.17) is 9.84 Å². The van der Waals surface area contributed by atoms with Gasteiger partial charge in [0.1, 0.15) is 0 Å². The summed E-state index contributed by atoms with van der Waals surface area (Å²) in [6.07, 6.45) is 3.68. The Balaban J connectivity index is 1.67. The Kier molecular flexibility index (Phi) is 3.75. The highest BCUT2D eigenvalue weighted by atomic mass is 16.5. The average molecular weight is 206 g/mol. The summed E-state index contributed by atoms with van der Waals surface area (Å²) in [5.41, 5.74) is 2.25. The summed E-state index contributed by atoms with van der Waals surface area (Å²) in [6, 6.07) is 8.06. The molecule has 1 saturated carbocycles. The number of aliphatic hydroxyl groups excluding tert-OH is 1. The summed E-state index contributed by atoms with van der Waals surface area (Å²) in [7, 11) is 0. The second kappa shape index (κ2) is 5.29. The van der Waals surface area contributed by atoms with Crippen LogP contribution in [0.2, 0.25) is 0 Å². The number of rotatable bonds is 6. The molecule has 0 saturated heterocycles. The van der Waals surface area contributed by atoms with Crippen molar-refractivity contribution in [2.75, 3.05) is 13.2 Å². The fourth-order valence-electron chi connectivity index (χ4n) is 1.54. The molecule has 82 valence electrons. The van der Waals surface area contributed by atoms with Crippen molar-refractivity contribution in [2.45, 2.75) is 25.9 Å². The predicted octanol–water partition coefficient (Wildman–Crippen LogP) is 2.15. The molecule has 0 bridgehead atoms. The molecule has 1 aromatic rings. The minimum Gasteiger partial charge on any atom is -0.392 e. The van der Waals surface area contributed by atoms with Crippen molar-refractivity contribution in [3.05, 3.63) is 35.4 Å². The molecule has 1 N–H and O–H groups in total. The number of benzene rings is 1. The van der Waals surface area contributed by atoms with E-state index in [0.717, 1.165) is 31.1 Å². The molecule has 2 rings (SSSR count). The zero-order chi connectivity index (χ0) is 10.5. The molecule has 0 radical (unpaired) electrons. The van der Waals surface area contributed by atoms with Crippen molar-refractivity contribution in [3.8, 4) is 0 Å². The SMILES string of the molecule is OCc1ccc(CCOCC2CC2)cc1. The number of hydrogen-bond donors (Lipinski definition) is 1. The number of ether oxygens (including phenoxy) is 1. The Morgan fingerprint density at radius 3 is 2.40 bits per heavy atom. The lowest BCUT2D eigenvalue weighted by Gasteiger charge is -2.04. The molecule has 2 heteroatoms. The van der Waals surface area contributed by atoms with Gasteiger partial charge in [0.2, 0.25) is 0 Å². The van der Waals surface area contributed by atoms with E-state index in [2.05, 4.69) is 12.1 Å².